The molecule has 1 aromatic heterocycles. The van der Waals surface area contributed by atoms with Crippen LogP contribution in [0.1, 0.15) is 21.7 Å². The van der Waals surface area contributed by atoms with Crippen molar-refractivity contribution >= 4 is 33.4 Å². The number of carbonyl (C=O) groups is 1. The average molecular weight is 355 g/mol. The maximum absolute atomic E-state index is 12.5. The Morgan fingerprint density at radius 3 is 2.75 bits per heavy atom. The molecule has 0 atom stereocenters. The molecule has 1 aliphatic heterocycles. The molecular weight excluding hydrogens is 342 g/mol. The zero-order chi connectivity index (χ0) is 14.3. The first kappa shape index (κ1) is 13.6. The van der Waals surface area contributed by atoms with Crippen molar-refractivity contribution in [3.8, 4) is 0 Å². The number of nitrogens with zero attached hydrogens (tertiary/aromatic N) is 3. The van der Waals surface area contributed by atoms with Crippen LogP contribution >= 0.6 is 27.5 Å². The molecule has 4 nitrogen and oxygen atoms in total. The third-order valence-electron chi connectivity index (χ3n) is 3.58. The fraction of sp³-hybridized carbons (Fsp3) is 0.286. The lowest BCUT2D eigenvalue weighted by Crippen LogP contribution is -2.36. The van der Waals surface area contributed by atoms with E-state index in [4.69, 9.17) is 11.6 Å². The number of fused-ring (bicyclic) bond motifs is 1. The minimum atomic E-state index is 0.0421. The predicted molar refractivity (Wildman–Crippen MR) is 80.8 cm³/mol. The summed E-state index contributed by atoms with van der Waals surface area (Å²) in [5.41, 5.74) is 2.72. The summed E-state index contributed by atoms with van der Waals surface area (Å²) in [4.78, 5) is 18.6. The van der Waals surface area contributed by atoms with Crippen molar-refractivity contribution in [3.05, 3.63) is 51.0 Å². The van der Waals surface area contributed by atoms with E-state index in [9.17, 15) is 4.79 Å². The molecule has 1 aliphatic rings. The maximum Gasteiger partial charge on any atom is 0.254 e. The van der Waals surface area contributed by atoms with E-state index in [2.05, 4.69) is 20.9 Å². The van der Waals surface area contributed by atoms with Crippen LogP contribution in [-0.4, -0.2) is 26.9 Å². The lowest BCUT2D eigenvalue weighted by atomic mass is 10.1. The Bertz CT molecular complexity index is 666. The topological polar surface area (TPSA) is 38.1 Å². The van der Waals surface area contributed by atoms with E-state index in [0.29, 0.717) is 23.9 Å². The SMILES string of the molecule is Cn1c(Cl)nc2c1CN(C(=O)c1ccc(Br)cc1)CC2. The number of benzene rings is 1. The van der Waals surface area contributed by atoms with Crippen molar-refractivity contribution < 1.29 is 4.79 Å². The molecule has 2 heterocycles. The van der Waals surface area contributed by atoms with E-state index in [0.717, 1.165) is 22.3 Å². The molecule has 1 amide bonds. The van der Waals surface area contributed by atoms with Crippen LogP contribution in [0.15, 0.2) is 28.7 Å². The fourth-order valence-corrected chi connectivity index (χ4v) is 2.87. The van der Waals surface area contributed by atoms with Gasteiger partial charge < -0.3 is 9.47 Å². The Morgan fingerprint density at radius 2 is 2.05 bits per heavy atom. The molecule has 0 fully saturated rings. The van der Waals surface area contributed by atoms with Gasteiger partial charge >= 0.3 is 0 Å². The maximum atomic E-state index is 12.5. The molecule has 0 saturated carbocycles. The molecule has 6 heteroatoms. The molecule has 20 heavy (non-hydrogen) atoms. The van der Waals surface area contributed by atoms with Gasteiger partial charge in [-0.1, -0.05) is 15.9 Å². The Morgan fingerprint density at radius 1 is 1.35 bits per heavy atom. The van der Waals surface area contributed by atoms with E-state index in [1.807, 2.05) is 40.8 Å². The van der Waals surface area contributed by atoms with Gasteiger partial charge in [0.1, 0.15) is 0 Å². The number of halogens is 2. The summed E-state index contributed by atoms with van der Waals surface area (Å²) in [5.74, 6) is 0.0421. The van der Waals surface area contributed by atoms with Crippen LogP contribution in [0.3, 0.4) is 0 Å². The molecule has 0 unspecified atom stereocenters. The summed E-state index contributed by atoms with van der Waals surface area (Å²) >= 11 is 9.40. The van der Waals surface area contributed by atoms with Crippen molar-refractivity contribution in [2.75, 3.05) is 6.54 Å². The van der Waals surface area contributed by atoms with E-state index >= 15 is 0 Å². The van der Waals surface area contributed by atoms with Gasteiger partial charge in [0, 0.05) is 30.0 Å². The zero-order valence-electron chi connectivity index (χ0n) is 10.9. The fourth-order valence-electron chi connectivity index (χ4n) is 2.40. The van der Waals surface area contributed by atoms with Gasteiger partial charge in [-0.15, -0.1) is 0 Å². The number of hydrogen-bond donors (Lipinski definition) is 0. The second-order valence-electron chi connectivity index (χ2n) is 4.82. The molecular formula is C14H13BrClN3O. The first-order valence-corrected chi connectivity index (χ1v) is 7.48. The van der Waals surface area contributed by atoms with Crippen LogP contribution in [-0.2, 0) is 20.0 Å². The van der Waals surface area contributed by atoms with Crippen molar-refractivity contribution in [2.24, 2.45) is 7.05 Å². The number of rotatable bonds is 1. The van der Waals surface area contributed by atoms with E-state index in [1.54, 1.807) is 0 Å². The van der Waals surface area contributed by atoms with Crippen LogP contribution in [0.5, 0.6) is 0 Å². The standard InChI is InChI=1S/C14H13BrClN3O/c1-18-12-8-19(7-6-11(12)17-14(18)16)13(20)9-2-4-10(15)5-3-9/h2-5H,6-8H2,1H3. The Labute approximate surface area is 130 Å². The largest absolute Gasteiger partial charge is 0.332 e. The molecule has 0 bridgehead atoms. The summed E-state index contributed by atoms with van der Waals surface area (Å²) in [5, 5.41) is 0.480. The lowest BCUT2D eigenvalue weighted by Gasteiger charge is -2.27. The van der Waals surface area contributed by atoms with Crippen molar-refractivity contribution in [1.29, 1.82) is 0 Å². The Hall–Kier alpha value is -1.33. The third kappa shape index (κ3) is 2.36. The van der Waals surface area contributed by atoms with Gasteiger partial charge in [-0.3, -0.25) is 4.79 Å². The highest BCUT2D eigenvalue weighted by Crippen LogP contribution is 2.23. The van der Waals surface area contributed by atoms with Crippen LogP contribution in [0.25, 0.3) is 0 Å². The van der Waals surface area contributed by atoms with Gasteiger partial charge in [0.2, 0.25) is 5.28 Å². The highest BCUT2D eigenvalue weighted by Gasteiger charge is 2.25. The van der Waals surface area contributed by atoms with Crippen molar-refractivity contribution in [1.82, 2.24) is 14.5 Å². The molecule has 0 spiro atoms. The van der Waals surface area contributed by atoms with Crippen LogP contribution in [0.4, 0.5) is 0 Å². The normalized spacial score (nSPS) is 14.2. The second-order valence-corrected chi connectivity index (χ2v) is 6.07. The molecule has 0 N–H and O–H groups in total. The summed E-state index contributed by atoms with van der Waals surface area (Å²) in [6.45, 7) is 1.23. The summed E-state index contributed by atoms with van der Waals surface area (Å²) in [6.07, 6.45) is 0.748. The zero-order valence-corrected chi connectivity index (χ0v) is 13.3. The highest BCUT2D eigenvalue weighted by atomic mass is 79.9. The molecule has 0 saturated heterocycles. The summed E-state index contributed by atoms with van der Waals surface area (Å²) in [6, 6.07) is 7.42. The monoisotopic (exact) mass is 353 g/mol. The van der Waals surface area contributed by atoms with Gasteiger partial charge in [-0.2, -0.15) is 0 Å². The minimum absolute atomic E-state index is 0.0421. The molecule has 104 valence electrons. The van der Waals surface area contributed by atoms with Crippen molar-refractivity contribution in [2.45, 2.75) is 13.0 Å². The number of hydrogen-bond acceptors (Lipinski definition) is 2. The van der Waals surface area contributed by atoms with E-state index < -0.39 is 0 Å². The van der Waals surface area contributed by atoms with Crippen LogP contribution in [0.2, 0.25) is 5.28 Å². The number of imidazole rings is 1. The molecule has 3 rings (SSSR count). The van der Waals surface area contributed by atoms with E-state index in [1.165, 1.54) is 0 Å². The van der Waals surface area contributed by atoms with Gasteiger partial charge in [-0.25, -0.2) is 4.98 Å². The lowest BCUT2D eigenvalue weighted by molar-refractivity contribution is 0.0730. The highest BCUT2D eigenvalue weighted by molar-refractivity contribution is 9.10. The van der Waals surface area contributed by atoms with Crippen LogP contribution < -0.4 is 0 Å². The molecule has 0 radical (unpaired) electrons. The number of aromatic nitrogens is 2. The summed E-state index contributed by atoms with van der Waals surface area (Å²) < 4.78 is 2.81. The van der Waals surface area contributed by atoms with Crippen LogP contribution in [0, 0.1) is 0 Å². The number of amides is 1. The second kappa shape index (κ2) is 5.22. The van der Waals surface area contributed by atoms with Gasteiger partial charge in [0.25, 0.3) is 5.91 Å². The molecule has 2 aromatic rings. The Kier molecular flexibility index (Phi) is 3.56. The van der Waals surface area contributed by atoms with E-state index in [-0.39, 0.29) is 5.91 Å². The van der Waals surface area contributed by atoms with Gasteiger partial charge in [0.15, 0.2) is 0 Å². The van der Waals surface area contributed by atoms with Crippen molar-refractivity contribution in [3.63, 3.8) is 0 Å². The molecule has 1 aromatic carbocycles. The smallest absolute Gasteiger partial charge is 0.254 e. The first-order chi connectivity index (χ1) is 9.56. The third-order valence-corrected chi connectivity index (χ3v) is 4.45. The predicted octanol–water partition coefficient (Wildman–Crippen LogP) is 3.03. The van der Waals surface area contributed by atoms with Gasteiger partial charge in [-0.05, 0) is 35.9 Å². The average Bonchev–Trinajstić information content (AvgIpc) is 2.74. The quantitative estimate of drug-likeness (QED) is 0.789. The van der Waals surface area contributed by atoms with Gasteiger partial charge in [0.05, 0.1) is 17.9 Å². The molecule has 0 aliphatic carbocycles. The summed E-state index contributed by atoms with van der Waals surface area (Å²) in [7, 11) is 1.88. The Balaban J connectivity index is 1.84. The number of carbonyl (C=O) groups excluding carboxylic acids is 1. The first-order valence-electron chi connectivity index (χ1n) is 6.31. The minimum Gasteiger partial charge on any atom is -0.332 e.